The van der Waals surface area contributed by atoms with Crippen LogP contribution in [0.1, 0.15) is 30.5 Å². The summed E-state index contributed by atoms with van der Waals surface area (Å²) in [6.07, 6.45) is 2.17. The van der Waals surface area contributed by atoms with Gasteiger partial charge in [-0.25, -0.2) is 0 Å². The van der Waals surface area contributed by atoms with E-state index in [4.69, 9.17) is 9.47 Å². The minimum Gasteiger partial charge on any atom is -0.497 e. The van der Waals surface area contributed by atoms with Gasteiger partial charge in [-0.05, 0) is 66.5 Å². The van der Waals surface area contributed by atoms with Crippen LogP contribution >= 0.6 is 0 Å². The molecule has 0 aliphatic heterocycles. The van der Waals surface area contributed by atoms with Gasteiger partial charge < -0.3 is 9.47 Å². The number of hydrogen-bond donors (Lipinski definition) is 0. The molecule has 2 nitrogen and oxygen atoms in total. The Morgan fingerprint density at radius 3 is 2.04 bits per heavy atom. The predicted molar refractivity (Wildman–Crippen MR) is 96.5 cm³/mol. The van der Waals surface area contributed by atoms with E-state index in [-0.39, 0.29) is 0 Å². The van der Waals surface area contributed by atoms with E-state index in [9.17, 15) is 0 Å². The fourth-order valence-electron chi connectivity index (χ4n) is 3.01. The van der Waals surface area contributed by atoms with Crippen molar-refractivity contribution < 1.29 is 9.47 Å². The Hall–Kier alpha value is -1.96. The Morgan fingerprint density at radius 2 is 1.48 bits per heavy atom. The fourth-order valence-corrected chi connectivity index (χ4v) is 3.01. The number of hydrogen-bond acceptors (Lipinski definition) is 2. The van der Waals surface area contributed by atoms with Gasteiger partial charge in [-0.3, -0.25) is 0 Å². The van der Waals surface area contributed by atoms with E-state index in [0.29, 0.717) is 11.8 Å². The maximum absolute atomic E-state index is 5.34. The molecule has 0 aliphatic rings. The third kappa shape index (κ3) is 4.75. The van der Waals surface area contributed by atoms with E-state index in [1.165, 1.54) is 16.7 Å². The quantitative estimate of drug-likeness (QED) is 0.710. The van der Waals surface area contributed by atoms with E-state index in [0.717, 1.165) is 24.3 Å². The zero-order valence-electron chi connectivity index (χ0n) is 14.9. The minimum atomic E-state index is 0.615. The molecule has 23 heavy (non-hydrogen) atoms. The van der Waals surface area contributed by atoms with Crippen molar-refractivity contribution in [3.8, 4) is 11.5 Å². The number of aryl methyl sites for hydroxylation is 1. The van der Waals surface area contributed by atoms with Crippen LogP contribution in [-0.4, -0.2) is 14.2 Å². The minimum absolute atomic E-state index is 0.615. The molecular weight excluding hydrogens is 284 g/mol. The maximum Gasteiger partial charge on any atom is 0.121 e. The lowest BCUT2D eigenvalue weighted by Gasteiger charge is -2.21. The second kappa shape index (κ2) is 8.05. The summed E-state index contributed by atoms with van der Waals surface area (Å²) in [5.41, 5.74) is 3.93. The van der Waals surface area contributed by atoms with E-state index in [1.54, 1.807) is 14.2 Å². The van der Waals surface area contributed by atoms with Gasteiger partial charge in [0.25, 0.3) is 0 Å². The SMILES string of the molecule is COc1cccc(CC(C)C(C)Cc2ccc(OC)c(C)c2)c1. The van der Waals surface area contributed by atoms with Gasteiger partial charge in [0.1, 0.15) is 11.5 Å². The third-order valence-corrected chi connectivity index (χ3v) is 4.68. The molecule has 2 rings (SSSR count). The normalized spacial score (nSPS) is 13.4. The molecule has 0 bridgehead atoms. The molecule has 0 heterocycles. The first-order valence-corrected chi connectivity index (χ1v) is 8.30. The molecule has 0 fully saturated rings. The van der Waals surface area contributed by atoms with Crippen LogP contribution in [0.25, 0.3) is 0 Å². The molecule has 0 N–H and O–H groups in total. The maximum atomic E-state index is 5.34. The summed E-state index contributed by atoms with van der Waals surface area (Å²) in [7, 11) is 3.44. The van der Waals surface area contributed by atoms with Crippen LogP contribution in [0.2, 0.25) is 0 Å². The molecular formula is C21H28O2. The third-order valence-electron chi connectivity index (χ3n) is 4.68. The van der Waals surface area contributed by atoms with E-state index < -0.39 is 0 Å². The predicted octanol–water partition coefficient (Wildman–Crippen LogP) is 5.07. The Labute approximate surface area is 140 Å². The van der Waals surface area contributed by atoms with Crippen LogP contribution in [0.15, 0.2) is 42.5 Å². The largest absolute Gasteiger partial charge is 0.497 e. The molecule has 124 valence electrons. The summed E-state index contributed by atoms with van der Waals surface area (Å²) >= 11 is 0. The molecule has 2 heteroatoms. The zero-order valence-corrected chi connectivity index (χ0v) is 14.9. The molecule has 0 saturated heterocycles. The lowest BCUT2D eigenvalue weighted by atomic mass is 9.85. The molecule has 0 spiro atoms. The molecule has 0 aromatic heterocycles. The summed E-state index contributed by atoms with van der Waals surface area (Å²) in [6, 6.07) is 14.9. The monoisotopic (exact) mass is 312 g/mol. The van der Waals surface area contributed by atoms with Crippen LogP contribution in [0.4, 0.5) is 0 Å². The summed E-state index contributed by atoms with van der Waals surface area (Å²) < 4.78 is 10.7. The summed E-state index contributed by atoms with van der Waals surface area (Å²) in [5.74, 6) is 3.14. The van der Waals surface area contributed by atoms with Crippen molar-refractivity contribution in [1.82, 2.24) is 0 Å². The van der Waals surface area contributed by atoms with Gasteiger partial charge in [0.05, 0.1) is 14.2 Å². The Kier molecular flexibility index (Phi) is 6.09. The summed E-state index contributed by atoms with van der Waals surface area (Å²) in [6.45, 7) is 6.78. The highest BCUT2D eigenvalue weighted by Crippen LogP contribution is 2.25. The molecule has 2 aromatic rings. The Bertz CT molecular complexity index is 633. The van der Waals surface area contributed by atoms with Crippen LogP contribution < -0.4 is 9.47 Å². The van der Waals surface area contributed by atoms with Gasteiger partial charge in [0, 0.05) is 0 Å². The summed E-state index contributed by atoms with van der Waals surface area (Å²) in [4.78, 5) is 0. The molecule has 0 amide bonds. The highest BCUT2D eigenvalue weighted by Gasteiger charge is 2.14. The molecule has 2 atom stereocenters. The van der Waals surface area contributed by atoms with Crippen LogP contribution in [-0.2, 0) is 12.8 Å². The van der Waals surface area contributed by atoms with Crippen molar-refractivity contribution >= 4 is 0 Å². The van der Waals surface area contributed by atoms with Crippen LogP contribution in [0, 0.1) is 18.8 Å². The van der Waals surface area contributed by atoms with E-state index >= 15 is 0 Å². The average molecular weight is 312 g/mol. The van der Waals surface area contributed by atoms with E-state index in [1.807, 2.05) is 6.07 Å². The van der Waals surface area contributed by atoms with Gasteiger partial charge in [0.2, 0.25) is 0 Å². The van der Waals surface area contributed by atoms with Crippen LogP contribution in [0.3, 0.4) is 0 Å². The van der Waals surface area contributed by atoms with Gasteiger partial charge in [-0.15, -0.1) is 0 Å². The first kappa shape index (κ1) is 17.4. The topological polar surface area (TPSA) is 18.5 Å². The molecule has 2 unspecified atom stereocenters. The second-order valence-electron chi connectivity index (χ2n) is 6.52. The lowest BCUT2D eigenvalue weighted by molar-refractivity contribution is 0.380. The fraction of sp³-hybridized carbons (Fsp3) is 0.429. The van der Waals surface area contributed by atoms with Gasteiger partial charge in [0.15, 0.2) is 0 Å². The molecule has 0 saturated carbocycles. The van der Waals surface area contributed by atoms with Crippen molar-refractivity contribution in [1.29, 1.82) is 0 Å². The van der Waals surface area contributed by atoms with Crippen molar-refractivity contribution in [2.45, 2.75) is 33.6 Å². The van der Waals surface area contributed by atoms with Crippen molar-refractivity contribution in [3.05, 3.63) is 59.2 Å². The second-order valence-corrected chi connectivity index (χ2v) is 6.52. The Balaban J connectivity index is 1.99. The average Bonchev–Trinajstić information content (AvgIpc) is 2.55. The first-order chi connectivity index (χ1) is 11.0. The highest BCUT2D eigenvalue weighted by molar-refractivity contribution is 5.36. The van der Waals surface area contributed by atoms with Gasteiger partial charge in [-0.1, -0.05) is 38.1 Å². The molecule has 2 aromatic carbocycles. The standard InChI is InChI=1S/C21H28O2/c1-15(11-18-7-6-8-20(14-18)22-4)16(2)12-19-9-10-21(23-5)17(3)13-19/h6-10,13-16H,11-12H2,1-5H3. The molecule has 0 radical (unpaired) electrons. The number of methoxy groups -OCH3 is 2. The van der Waals surface area contributed by atoms with E-state index in [2.05, 4.69) is 57.2 Å². The number of rotatable bonds is 7. The molecule has 0 aliphatic carbocycles. The summed E-state index contributed by atoms with van der Waals surface area (Å²) in [5, 5.41) is 0. The Morgan fingerprint density at radius 1 is 0.826 bits per heavy atom. The first-order valence-electron chi connectivity index (χ1n) is 8.30. The van der Waals surface area contributed by atoms with Gasteiger partial charge in [-0.2, -0.15) is 0 Å². The highest BCUT2D eigenvalue weighted by atomic mass is 16.5. The van der Waals surface area contributed by atoms with Gasteiger partial charge >= 0.3 is 0 Å². The van der Waals surface area contributed by atoms with Crippen molar-refractivity contribution in [2.24, 2.45) is 11.8 Å². The smallest absolute Gasteiger partial charge is 0.121 e. The zero-order chi connectivity index (χ0) is 16.8. The van der Waals surface area contributed by atoms with Crippen molar-refractivity contribution in [3.63, 3.8) is 0 Å². The lowest BCUT2D eigenvalue weighted by Crippen LogP contribution is -2.13. The van der Waals surface area contributed by atoms with Crippen molar-refractivity contribution in [2.75, 3.05) is 14.2 Å². The number of ether oxygens (including phenoxy) is 2. The van der Waals surface area contributed by atoms with Crippen LogP contribution in [0.5, 0.6) is 11.5 Å². The number of benzene rings is 2.